The van der Waals surface area contributed by atoms with Gasteiger partial charge in [-0.3, -0.25) is 0 Å². The molecule has 0 saturated carbocycles. The molecule has 0 bridgehead atoms. The molecule has 0 rings (SSSR count). The van der Waals surface area contributed by atoms with E-state index in [1.165, 1.54) is 0 Å². The van der Waals surface area contributed by atoms with Crippen LogP contribution in [0.1, 0.15) is 0 Å². The van der Waals surface area contributed by atoms with Gasteiger partial charge in [-0.1, -0.05) is 12.4 Å². The van der Waals surface area contributed by atoms with Crippen molar-refractivity contribution in [1.82, 2.24) is 6.15 Å². The lowest BCUT2D eigenvalue weighted by Gasteiger charge is -1.32. The molecule has 0 aliphatic carbocycles. The van der Waals surface area contributed by atoms with E-state index in [1.54, 1.807) is 5.82 Å². The van der Waals surface area contributed by atoms with Crippen molar-refractivity contribution in [2.75, 3.05) is 0 Å². The van der Waals surface area contributed by atoms with E-state index >= 15 is 0 Å². The van der Waals surface area contributed by atoms with Gasteiger partial charge >= 0.3 is 0 Å². The quantitative estimate of drug-likeness (QED) is 0.433. The third-order valence-electron chi connectivity index (χ3n) is 0. The Labute approximate surface area is 28.9 Å². The third-order valence-corrected chi connectivity index (χ3v) is 0. The first-order valence-corrected chi connectivity index (χ1v) is 1.41. The highest BCUT2D eigenvalue weighted by Crippen LogP contribution is 1.69. The van der Waals surface area contributed by atoms with Gasteiger partial charge in [0.05, 0.1) is 0 Å². The highest BCUT2D eigenvalue weighted by Gasteiger charge is 1.13. The average molecular weight is 77.1 g/mol. The largest absolute Gasteiger partial charge is 0.344 e. The summed E-state index contributed by atoms with van der Waals surface area (Å²) in [6, 6.07) is 0. The summed E-state index contributed by atoms with van der Waals surface area (Å²) in [6.45, 7) is 3.32. The van der Waals surface area contributed by atoms with Gasteiger partial charge in [0.25, 0.3) is 0 Å². The van der Waals surface area contributed by atoms with Crippen LogP contribution in [0.25, 0.3) is 0 Å². The van der Waals surface area contributed by atoms with Crippen LogP contribution in [0, 0.1) is 0 Å². The summed E-state index contributed by atoms with van der Waals surface area (Å²) in [5.41, 5.74) is 0. The topological polar surface area (TPSA) is 35.0 Å². The van der Waals surface area contributed by atoms with Crippen molar-refractivity contribution in [2.24, 2.45) is 0 Å². The van der Waals surface area contributed by atoms with Crippen LogP contribution >= 0.6 is 9.24 Å². The van der Waals surface area contributed by atoms with E-state index in [-0.39, 0.29) is 6.15 Å². The van der Waals surface area contributed by atoms with Crippen molar-refractivity contribution in [3.05, 3.63) is 12.4 Å². The lowest BCUT2D eigenvalue weighted by molar-refractivity contribution is 2.13. The first kappa shape index (κ1) is 8.92. The molecule has 0 aromatic carbocycles. The van der Waals surface area contributed by atoms with Crippen LogP contribution in [0.4, 0.5) is 0 Å². The van der Waals surface area contributed by atoms with Gasteiger partial charge in [-0.15, -0.1) is 9.24 Å². The molecule has 2 heteroatoms. The summed E-state index contributed by atoms with van der Waals surface area (Å²) in [7, 11) is 2.34. The van der Waals surface area contributed by atoms with Crippen LogP contribution in [-0.4, -0.2) is 0 Å². The van der Waals surface area contributed by atoms with Crippen LogP contribution < -0.4 is 6.15 Å². The molecule has 3 N–H and O–H groups in total. The Kier molecular flexibility index (Phi) is 24.8. The summed E-state index contributed by atoms with van der Waals surface area (Å²) in [5, 5.41) is 0. The predicted octanol–water partition coefficient (Wildman–Crippen LogP) is 1.17. The molecule has 0 aliphatic heterocycles. The number of hydrogen-bond donors (Lipinski definition) is 1. The molecule has 0 aromatic rings. The van der Waals surface area contributed by atoms with Crippen molar-refractivity contribution in [1.29, 1.82) is 0 Å². The SMILES string of the molecule is C=CP.N. The molecule has 0 saturated heterocycles. The maximum atomic E-state index is 3.32. The van der Waals surface area contributed by atoms with Gasteiger partial charge in [0.15, 0.2) is 0 Å². The van der Waals surface area contributed by atoms with Crippen LogP contribution in [0.2, 0.25) is 0 Å². The maximum Gasteiger partial charge on any atom is -0.0735 e. The minimum Gasteiger partial charge on any atom is -0.344 e. The molecule has 0 fully saturated rings. The molecule has 4 heavy (non-hydrogen) atoms. The van der Waals surface area contributed by atoms with Gasteiger partial charge in [-0.25, -0.2) is 0 Å². The Bertz CT molecular complexity index is 13.5. The van der Waals surface area contributed by atoms with E-state index in [2.05, 4.69) is 15.8 Å². The summed E-state index contributed by atoms with van der Waals surface area (Å²) in [5.74, 6) is 1.67. The van der Waals surface area contributed by atoms with Gasteiger partial charge in [0.2, 0.25) is 0 Å². The molecular weight excluding hydrogens is 69.0 g/mol. The van der Waals surface area contributed by atoms with Crippen LogP contribution in [-0.2, 0) is 0 Å². The first-order valence-electron chi connectivity index (χ1n) is 0.742. The normalized spacial score (nSPS) is 3.25. The molecule has 1 atom stereocenters. The monoisotopic (exact) mass is 77.0 g/mol. The summed E-state index contributed by atoms with van der Waals surface area (Å²) < 4.78 is 0. The Balaban J connectivity index is 0. The molecule has 0 radical (unpaired) electrons. The minimum atomic E-state index is 0. The zero-order chi connectivity index (χ0) is 2.71. The van der Waals surface area contributed by atoms with Crippen molar-refractivity contribution in [3.63, 3.8) is 0 Å². The van der Waals surface area contributed by atoms with Gasteiger partial charge in [0, 0.05) is 0 Å². The molecule has 0 amide bonds. The number of hydrogen-bond acceptors (Lipinski definition) is 1. The minimum absolute atomic E-state index is 0. The molecule has 0 aromatic heterocycles. The van der Waals surface area contributed by atoms with Crippen LogP contribution in [0.15, 0.2) is 12.4 Å². The van der Waals surface area contributed by atoms with Crippen LogP contribution in [0.5, 0.6) is 0 Å². The Morgan fingerprint density at radius 2 is 1.75 bits per heavy atom. The fraction of sp³-hybridized carbons (Fsp3) is 0. The Hall–Kier alpha value is 0.130. The van der Waals surface area contributed by atoms with E-state index in [0.717, 1.165) is 0 Å². The van der Waals surface area contributed by atoms with E-state index in [0.29, 0.717) is 0 Å². The van der Waals surface area contributed by atoms with Crippen molar-refractivity contribution >= 4 is 9.24 Å². The van der Waals surface area contributed by atoms with Crippen molar-refractivity contribution in [3.8, 4) is 0 Å². The third kappa shape index (κ3) is 161. The highest BCUT2D eigenvalue weighted by molar-refractivity contribution is 7.20. The Morgan fingerprint density at radius 1 is 1.75 bits per heavy atom. The molecule has 1 nitrogen and oxygen atoms in total. The fourth-order valence-electron chi connectivity index (χ4n) is 0. The van der Waals surface area contributed by atoms with E-state index < -0.39 is 0 Å². The molecule has 0 heterocycles. The Morgan fingerprint density at radius 3 is 1.75 bits per heavy atom. The molecule has 0 spiro atoms. The highest BCUT2D eigenvalue weighted by atomic mass is 31.0. The zero-order valence-electron chi connectivity index (χ0n) is 2.57. The summed E-state index contributed by atoms with van der Waals surface area (Å²) >= 11 is 0. The lowest BCUT2D eigenvalue weighted by atomic mass is 11.3. The second kappa shape index (κ2) is 11.1. The second-order valence-corrected chi connectivity index (χ2v) is 0.707. The summed E-state index contributed by atoms with van der Waals surface area (Å²) in [6.07, 6.45) is 0. The van der Waals surface area contributed by atoms with E-state index in [4.69, 9.17) is 0 Å². The molecular formula is C2H8NP. The van der Waals surface area contributed by atoms with Gasteiger partial charge in [-0.2, -0.15) is 0 Å². The van der Waals surface area contributed by atoms with Gasteiger partial charge in [-0.05, 0) is 0 Å². The number of rotatable bonds is 0. The zero-order valence-corrected chi connectivity index (χ0v) is 3.72. The summed E-state index contributed by atoms with van der Waals surface area (Å²) in [4.78, 5) is 0. The van der Waals surface area contributed by atoms with Crippen molar-refractivity contribution < 1.29 is 0 Å². The smallest absolute Gasteiger partial charge is 0.0735 e. The second-order valence-electron chi connectivity index (χ2n) is 0.236. The van der Waals surface area contributed by atoms with E-state index in [9.17, 15) is 0 Å². The maximum absolute atomic E-state index is 3.32. The molecule has 0 aliphatic rings. The van der Waals surface area contributed by atoms with Crippen molar-refractivity contribution in [2.45, 2.75) is 0 Å². The van der Waals surface area contributed by atoms with Crippen LogP contribution in [0.3, 0.4) is 0 Å². The molecule has 26 valence electrons. The fourth-order valence-corrected chi connectivity index (χ4v) is 0. The predicted molar refractivity (Wildman–Crippen MR) is 24.9 cm³/mol. The average Bonchev–Trinajstić information content (AvgIpc) is 0.918. The van der Waals surface area contributed by atoms with Gasteiger partial charge < -0.3 is 6.15 Å². The lowest BCUT2D eigenvalue weighted by Crippen LogP contribution is -0.892. The molecule has 1 unspecified atom stereocenters. The first-order chi connectivity index (χ1) is 1.41. The van der Waals surface area contributed by atoms with E-state index in [1.807, 2.05) is 0 Å². The standard InChI is InChI=1S/C2H5P.H3N/c1-2-3;/h2H,1,3H2;1H3. The van der Waals surface area contributed by atoms with Gasteiger partial charge in [0.1, 0.15) is 0 Å².